The highest BCUT2D eigenvalue weighted by Gasteiger charge is 2.23. The number of aryl methyl sites for hydroxylation is 1. The number of rotatable bonds is 5. The first-order valence-corrected chi connectivity index (χ1v) is 9.67. The van der Waals surface area contributed by atoms with Crippen molar-refractivity contribution in [2.24, 2.45) is 0 Å². The molecule has 3 aromatic carbocycles. The molecular formula is C24H25N2O+. The Morgan fingerprint density at radius 3 is 2.56 bits per heavy atom. The molecule has 0 heterocycles. The monoisotopic (exact) mass is 357 g/mol. The summed E-state index contributed by atoms with van der Waals surface area (Å²) in [6, 6.07) is 27.1. The van der Waals surface area contributed by atoms with Crippen molar-refractivity contribution in [1.29, 1.82) is 0 Å². The molecule has 0 spiro atoms. The fourth-order valence-electron chi connectivity index (χ4n) is 3.95. The molecule has 0 aliphatic heterocycles. The van der Waals surface area contributed by atoms with Crippen molar-refractivity contribution in [2.75, 3.05) is 11.9 Å². The van der Waals surface area contributed by atoms with Gasteiger partial charge in [-0.1, -0.05) is 72.8 Å². The van der Waals surface area contributed by atoms with Gasteiger partial charge in [0.1, 0.15) is 6.04 Å². The lowest BCUT2D eigenvalue weighted by molar-refractivity contribution is -0.687. The molecule has 3 N–H and O–H groups in total. The van der Waals surface area contributed by atoms with Crippen LogP contribution in [0, 0.1) is 0 Å². The van der Waals surface area contributed by atoms with E-state index in [1.165, 1.54) is 17.5 Å². The van der Waals surface area contributed by atoms with E-state index in [2.05, 4.69) is 47.0 Å². The van der Waals surface area contributed by atoms with Crippen molar-refractivity contribution in [2.45, 2.75) is 25.3 Å². The summed E-state index contributed by atoms with van der Waals surface area (Å²) in [5, 5.41) is 5.28. The number of hydrogen-bond donors (Lipinski definition) is 2. The average molecular weight is 357 g/mol. The molecule has 0 aromatic heterocycles. The average Bonchev–Trinajstić information content (AvgIpc) is 2.73. The Labute approximate surface area is 160 Å². The molecule has 27 heavy (non-hydrogen) atoms. The van der Waals surface area contributed by atoms with E-state index < -0.39 is 0 Å². The molecule has 4 rings (SSSR count). The minimum absolute atomic E-state index is 0.0430. The number of carbonyl (C=O) groups excluding carboxylic acids is 1. The summed E-state index contributed by atoms with van der Waals surface area (Å²) < 4.78 is 0. The molecule has 0 fully saturated rings. The minimum atomic E-state index is 0.0430. The van der Waals surface area contributed by atoms with Crippen LogP contribution >= 0.6 is 0 Å². The van der Waals surface area contributed by atoms with Crippen LogP contribution < -0.4 is 10.6 Å². The highest BCUT2D eigenvalue weighted by atomic mass is 16.1. The van der Waals surface area contributed by atoms with Crippen molar-refractivity contribution in [3.63, 3.8) is 0 Å². The van der Waals surface area contributed by atoms with Gasteiger partial charge in [0.05, 0.1) is 0 Å². The molecule has 0 bridgehead atoms. The number of amides is 1. The van der Waals surface area contributed by atoms with Crippen molar-refractivity contribution >= 4 is 11.6 Å². The summed E-state index contributed by atoms with van der Waals surface area (Å²) in [6.07, 6.45) is 3.47. The van der Waals surface area contributed by atoms with Gasteiger partial charge in [0.25, 0.3) is 5.91 Å². The second-order valence-electron chi connectivity index (χ2n) is 7.10. The molecule has 1 aliphatic carbocycles. The normalized spacial score (nSPS) is 15.8. The largest absolute Gasteiger partial charge is 0.332 e. The molecule has 3 nitrogen and oxygen atoms in total. The zero-order valence-electron chi connectivity index (χ0n) is 15.4. The van der Waals surface area contributed by atoms with Crippen molar-refractivity contribution in [3.05, 3.63) is 90.0 Å². The molecule has 0 unspecified atom stereocenters. The lowest BCUT2D eigenvalue weighted by Crippen LogP contribution is -2.87. The number of para-hydroxylation sites is 1. The maximum atomic E-state index is 12.6. The van der Waals surface area contributed by atoms with Gasteiger partial charge in [-0.05, 0) is 30.0 Å². The van der Waals surface area contributed by atoms with Gasteiger partial charge in [0, 0.05) is 23.2 Å². The number of anilines is 1. The van der Waals surface area contributed by atoms with Gasteiger partial charge in [-0.3, -0.25) is 4.79 Å². The van der Waals surface area contributed by atoms with Crippen molar-refractivity contribution in [1.82, 2.24) is 0 Å². The maximum absolute atomic E-state index is 12.6. The van der Waals surface area contributed by atoms with Gasteiger partial charge in [-0.2, -0.15) is 0 Å². The summed E-state index contributed by atoms with van der Waals surface area (Å²) in [5.74, 6) is 0.0430. The Bertz CT molecular complexity index is 920. The van der Waals surface area contributed by atoms with Crippen LogP contribution in [0.25, 0.3) is 11.1 Å². The van der Waals surface area contributed by atoms with Crippen LogP contribution in [0.1, 0.15) is 30.0 Å². The number of nitrogens with one attached hydrogen (secondary N) is 1. The molecule has 1 aliphatic rings. The summed E-state index contributed by atoms with van der Waals surface area (Å²) in [5.41, 5.74) is 5.85. The lowest BCUT2D eigenvalue weighted by atomic mass is 9.88. The maximum Gasteiger partial charge on any atom is 0.279 e. The SMILES string of the molecule is O=C(C[NH2+][C@@H]1CCCc2ccccc21)Nc1ccccc1-c1ccccc1. The predicted octanol–water partition coefficient (Wildman–Crippen LogP) is 3.93. The second kappa shape index (κ2) is 8.19. The van der Waals surface area contributed by atoms with Crippen LogP contribution in [0.15, 0.2) is 78.9 Å². The van der Waals surface area contributed by atoms with Crippen LogP contribution in [0.5, 0.6) is 0 Å². The molecule has 0 radical (unpaired) electrons. The van der Waals surface area contributed by atoms with Crippen molar-refractivity contribution < 1.29 is 10.1 Å². The Morgan fingerprint density at radius 1 is 0.926 bits per heavy atom. The minimum Gasteiger partial charge on any atom is -0.332 e. The Morgan fingerprint density at radius 2 is 1.67 bits per heavy atom. The molecule has 0 saturated heterocycles. The zero-order chi connectivity index (χ0) is 18.5. The lowest BCUT2D eigenvalue weighted by Gasteiger charge is -2.23. The van der Waals surface area contributed by atoms with Crippen LogP contribution in [-0.4, -0.2) is 12.5 Å². The zero-order valence-corrected chi connectivity index (χ0v) is 15.4. The Kier molecular flexibility index (Phi) is 5.31. The Balaban J connectivity index is 1.43. The highest BCUT2D eigenvalue weighted by molar-refractivity contribution is 5.95. The van der Waals surface area contributed by atoms with E-state index in [-0.39, 0.29) is 5.91 Å². The first-order valence-electron chi connectivity index (χ1n) is 9.67. The number of nitrogens with two attached hydrogens (primary N) is 1. The third kappa shape index (κ3) is 4.09. The molecule has 136 valence electrons. The number of benzene rings is 3. The first-order chi connectivity index (χ1) is 13.3. The third-order valence-electron chi connectivity index (χ3n) is 5.29. The predicted molar refractivity (Wildman–Crippen MR) is 109 cm³/mol. The summed E-state index contributed by atoms with van der Waals surface area (Å²) in [4.78, 5) is 12.6. The van der Waals surface area contributed by atoms with E-state index in [1.807, 2.05) is 42.5 Å². The third-order valence-corrected chi connectivity index (χ3v) is 5.29. The summed E-state index contributed by atoms with van der Waals surface area (Å²) in [6.45, 7) is 0.433. The fourth-order valence-corrected chi connectivity index (χ4v) is 3.95. The number of carbonyl (C=O) groups is 1. The first kappa shape index (κ1) is 17.5. The summed E-state index contributed by atoms with van der Waals surface area (Å²) in [7, 11) is 0. The molecule has 3 heteroatoms. The number of quaternary nitrogens is 1. The van der Waals surface area contributed by atoms with Crippen LogP contribution in [-0.2, 0) is 11.2 Å². The van der Waals surface area contributed by atoms with Gasteiger partial charge < -0.3 is 10.6 Å². The topological polar surface area (TPSA) is 45.7 Å². The Hall–Kier alpha value is -2.91. The van der Waals surface area contributed by atoms with Crippen LogP contribution in [0.4, 0.5) is 5.69 Å². The molecule has 1 atom stereocenters. The van der Waals surface area contributed by atoms with E-state index in [1.54, 1.807) is 0 Å². The van der Waals surface area contributed by atoms with E-state index in [0.29, 0.717) is 12.6 Å². The smallest absolute Gasteiger partial charge is 0.279 e. The van der Waals surface area contributed by atoms with E-state index in [4.69, 9.17) is 0 Å². The highest BCUT2D eigenvalue weighted by Crippen LogP contribution is 2.28. The van der Waals surface area contributed by atoms with Gasteiger partial charge in [-0.25, -0.2) is 0 Å². The molecular weight excluding hydrogens is 332 g/mol. The van der Waals surface area contributed by atoms with Gasteiger partial charge in [-0.15, -0.1) is 0 Å². The van der Waals surface area contributed by atoms with Crippen molar-refractivity contribution in [3.8, 4) is 11.1 Å². The number of fused-ring (bicyclic) bond motifs is 1. The van der Waals surface area contributed by atoms with Gasteiger partial charge in [0.15, 0.2) is 6.54 Å². The molecule has 3 aromatic rings. The summed E-state index contributed by atoms with van der Waals surface area (Å²) >= 11 is 0. The van der Waals surface area contributed by atoms with Gasteiger partial charge >= 0.3 is 0 Å². The quantitative estimate of drug-likeness (QED) is 0.714. The molecule has 1 amide bonds. The van der Waals surface area contributed by atoms with Gasteiger partial charge in [0.2, 0.25) is 0 Å². The molecule has 0 saturated carbocycles. The number of hydrogen-bond acceptors (Lipinski definition) is 1. The van der Waals surface area contributed by atoms with E-state index in [0.717, 1.165) is 29.7 Å². The van der Waals surface area contributed by atoms with Crippen LogP contribution in [0.3, 0.4) is 0 Å². The second-order valence-corrected chi connectivity index (χ2v) is 7.10. The van der Waals surface area contributed by atoms with Crippen LogP contribution in [0.2, 0.25) is 0 Å². The van der Waals surface area contributed by atoms with E-state index in [9.17, 15) is 4.79 Å². The standard InChI is InChI=1S/C24H24N2O/c27-24(17-25-22-16-8-12-19-11-4-5-13-20(19)22)26-23-15-7-6-14-21(23)18-9-2-1-3-10-18/h1-7,9-11,13-15,22,25H,8,12,16-17H2,(H,26,27)/p+1/t22-/m1/s1. The van der Waals surface area contributed by atoms with E-state index >= 15 is 0 Å². The fraction of sp³-hybridized carbons (Fsp3) is 0.208.